The van der Waals surface area contributed by atoms with E-state index in [9.17, 15) is 29.4 Å². The van der Waals surface area contributed by atoms with E-state index in [-0.39, 0.29) is 0 Å². The van der Waals surface area contributed by atoms with E-state index in [0.29, 0.717) is 25.3 Å². The van der Waals surface area contributed by atoms with Gasteiger partial charge in [-0.2, -0.15) is 0 Å². The van der Waals surface area contributed by atoms with Gasteiger partial charge in [0.2, 0.25) is 5.88 Å². The normalized spacial score (nSPS) is 16.8. The monoisotopic (exact) mass is 421 g/mol. The van der Waals surface area contributed by atoms with Crippen molar-refractivity contribution in [2.75, 3.05) is 13.1 Å². The fraction of sp³-hybridized carbons (Fsp3) is 0.600. The van der Waals surface area contributed by atoms with Gasteiger partial charge in [0.15, 0.2) is 5.75 Å². The molecule has 0 unspecified atom stereocenters. The molecular formula is C20H27N3O7. The van der Waals surface area contributed by atoms with E-state index < -0.39 is 58.7 Å². The van der Waals surface area contributed by atoms with Crippen LogP contribution in [0.4, 0.5) is 0 Å². The number of carbonyl (C=O) groups excluding carboxylic acids is 2. The maximum atomic E-state index is 13.1. The zero-order chi connectivity index (χ0) is 21.8. The molecular weight excluding hydrogens is 394 g/mol. The Balaban J connectivity index is 2.01. The lowest BCUT2D eigenvalue weighted by Gasteiger charge is -2.26. The van der Waals surface area contributed by atoms with Crippen molar-refractivity contribution in [2.24, 2.45) is 5.92 Å². The summed E-state index contributed by atoms with van der Waals surface area (Å²) in [5.74, 6) is -4.38. The molecule has 0 bridgehead atoms. The Kier molecular flexibility index (Phi) is 6.63. The molecule has 2 amide bonds. The number of hydrogen-bond donors (Lipinski definition) is 5. The molecule has 0 saturated heterocycles. The third-order valence-electron chi connectivity index (χ3n) is 5.69. The van der Waals surface area contributed by atoms with Gasteiger partial charge in [0.1, 0.15) is 17.7 Å². The summed E-state index contributed by atoms with van der Waals surface area (Å²) in [6, 6.07) is -0.420. The summed E-state index contributed by atoms with van der Waals surface area (Å²) < 4.78 is 0.990. The molecule has 0 aliphatic heterocycles. The highest BCUT2D eigenvalue weighted by Crippen LogP contribution is 2.35. The zero-order valence-electron chi connectivity index (χ0n) is 16.6. The molecule has 3 rings (SSSR count). The summed E-state index contributed by atoms with van der Waals surface area (Å²) in [5, 5.41) is 34.7. The highest BCUT2D eigenvalue weighted by atomic mass is 16.4. The lowest BCUT2D eigenvalue weighted by Crippen LogP contribution is -2.38. The molecule has 30 heavy (non-hydrogen) atoms. The second kappa shape index (κ2) is 9.19. The molecule has 1 heterocycles. The Morgan fingerprint density at radius 3 is 2.17 bits per heavy atom. The van der Waals surface area contributed by atoms with Crippen LogP contribution in [0.2, 0.25) is 0 Å². The number of aromatic hydroxyl groups is 2. The molecule has 0 spiro atoms. The molecule has 2 aliphatic rings. The van der Waals surface area contributed by atoms with Gasteiger partial charge in [-0.15, -0.1) is 0 Å². The van der Waals surface area contributed by atoms with Crippen LogP contribution in [0.25, 0.3) is 0 Å². The Morgan fingerprint density at radius 2 is 1.57 bits per heavy atom. The summed E-state index contributed by atoms with van der Waals surface area (Å²) in [5.41, 5.74) is -2.15. The van der Waals surface area contributed by atoms with Crippen LogP contribution in [0, 0.1) is 5.92 Å². The number of carboxylic acids is 1. The molecule has 5 N–H and O–H groups in total. The average Bonchev–Trinajstić information content (AvgIpc) is 3.51. The third kappa shape index (κ3) is 4.74. The van der Waals surface area contributed by atoms with E-state index in [0.717, 1.165) is 43.1 Å². The van der Waals surface area contributed by atoms with Gasteiger partial charge in [-0.1, -0.05) is 32.1 Å². The van der Waals surface area contributed by atoms with Gasteiger partial charge < -0.3 is 26.0 Å². The van der Waals surface area contributed by atoms with Crippen LogP contribution in [-0.2, 0) is 4.79 Å². The Labute approximate surface area is 172 Å². The third-order valence-corrected chi connectivity index (χ3v) is 5.69. The summed E-state index contributed by atoms with van der Waals surface area (Å²) in [6.07, 6.45) is 6.74. The maximum absolute atomic E-state index is 13.1. The quantitative estimate of drug-likeness (QED) is 0.420. The Hall–Kier alpha value is -3.04. The Bertz CT molecular complexity index is 899. The van der Waals surface area contributed by atoms with E-state index in [2.05, 4.69) is 10.6 Å². The van der Waals surface area contributed by atoms with Crippen LogP contribution in [0.3, 0.4) is 0 Å². The molecule has 2 saturated carbocycles. The minimum absolute atomic E-state index is 0.327. The number of nitrogens with one attached hydrogen (secondary N) is 2. The van der Waals surface area contributed by atoms with E-state index in [4.69, 9.17) is 5.11 Å². The van der Waals surface area contributed by atoms with Crippen LogP contribution in [-0.4, -0.2) is 50.8 Å². The van der Waals surface area contributed by atoms with Crippen LogP contribution in [0.15, 0.2) is 4.79 Å². The second-order valence-corrected chi connectivity index (χ2v) is 7.95. The number of aromatic nitrogens is 1. The minimum Gasteiger partial charge on any atom is -0.506 e. The van der Waals surface area contributed by atoms with E-state index in [1.807, 2.05) is 0 Å². The number of carboxylic acid groups (broad SMARTS) is 1. The SMILES string of the molecule is O=C(O)CNC(=O)c1c(O)c(C(=O)NCCC2CC2)c(=O)n(C2CCCCC2)c1O. The van der Waals surface area contributed by atoms with Crippen molar-refractivity contribution in [3.8, 4) is 11.6 Å². The highest BCUT2D eigenvalue weighted by Gasteiger charge is 2.32. The van der Waals surface area contributed by atoms with E-state index >= 15 is 0 Å². The number of carbonyl (C=O) groups is 3. The van der Waals surface area contributed by atoms with Gasteiger partial charge >= 0.3 is 5.97 Å². The Morgan fingerprint density at radius 1 is 0.933 bits per heavy atom. The number of aliphatic carboxylic acids is 1. The fourth-order valence-electron chi connectivity index (χ4n) is 3.89. The molecule has 1 aromatic rings. The van der Waals surface area contributed by atoms with Crippen LogP contribution >= 0.6 is 0 Å². The summed E-state index contributed by atoms with van der Waals surface area (Å²) in [6.45, 7) is -0.420. The molecule has 10 heteroatoms. The summed E-state index contributed by atoms with van der Waals surface area (Å²) >= 11 is 0. The molecule has 2 fully saturated rings. The van der Waals surface area contributed by atoms with Crippen LogP contribution in [0.5, 0.6) is 11.6 Å². The first-order valence-electron chi connectivity index (χ1n) is 10.3. The van der Waals surface area contributed by atoms with Gasteiger partial charge in [-0.25, -0.2) is 0 Å². The predicted octanol–water partition coefficient (Wildman–Crippen LogP) is 1.11. The molecule has 0 aromatic carbocycles. The van der Waals surface area contributed by atoms with E-state index in [1.165, 1.54) is 0 Å². The first kappa shape index (κ1) is 21.7. The average molecular weight is 421 g/mol. The van der Waals surface area contributed by atoms with Crippen molar-refractivity contribution in [2.45, 2.75) is 57.4 Å². The van der Waals surface area contributed by atoms with Crippen molar-refractivity contribution in [3.05, 3.63) is 21.5 Å². The smallest absolute Gasteiger partial charge is 0.322 e. The van der Waals surface area contributed by atoms with E-state index in [1.54, 1.807) is 0 Å². The van der Waals surface area contributed by atoms with Crippen molar-refractivity contribution in [1.82, 2.24) is 15.2 Å². The van der Waals surface area contributed by atoms with Crippen LogP contribution in [0.1, 0.15) is 78.1 Å². The van der Waals surface area contributed by atoms with Crippen molar-refractivity contribution in [3.63, 3.8) is 0 Å². The first-order valence-corrected chi connectivity index (χ1v) is 10.3. The molecule has 164 valence electrons. The summed E-state index contributed by atoms with van der Waals surface area (Å²) in [7, 11) is 0. The zero-order valence-corrected chi connectivity index (χ0v) is 16.6. The molecule has 10 nitrogen and oxygen atoms in total. The lowest BCUT2D eigenvalue weighted by atomic mass is 9.94. The largest absolute Gasteiger partial charge is 0.506 e. The van der Waals surface area contributed by atoms with Crippen molar-refractivity contribution in [1.29, 1.82) is 0 Å². The lowest BCUT2D eigenvalue weighted by molar-refractivity contribution is -0.135. The maximum Gasteiger partial charge on any atom is 0.322 e. The number of pyridine rings is 1. The topological polar surface area (TPSA) is 158 Å². The standard InChI is InChI=1S/C20H27N3O7/c24-13(25)10-22-18(28)15-16(26)14(17(27)21-9-8-11-6-7-11)19(29)23(20(15)30)12-4-2-1-3-5-12/h11-12,26,30H,1-10H2,(H,21,27)(H,22,28)(H,24,25). The molecule has 0 atom stereocenters. The fourth-order valence-corrected chi connectivity index (χ4v) is 3.89. The first-order chi connectivity index (χ1) is 14.3. The van der Waals surface area contributed by atoms with Crippen molar-refractivity contribution >= 4 is 17.8 Å². The summed E-state index contributed by atoms with van der Waals surface area (Å²) in [4.78, 5) is 49.0. The van der Waals surface area contributed by atoms with Gasteiger partial charge in [0.05, 0.1) is 0 Å². The van der Waals surface area contributed by atoms with Gasteiger partial charge in [-0.05, 0) is 25.2 Å². The molecule has 0 radical (unpaired) electrons. The number of amides is 2. The minimum atomic E-state index is -1.32. The number of nitrogens with zero attached hydrogens (tertiary/aromatic N) is 1. The predicted molar refractivity (Wildman–Crippen MR) is 106 cm³/mol. The van der Waals surface area contributed by atoms with Gasteiger partial charge in [-0.3, -0.25) is 23.7 Å². The molecule has 2 aliphatic carbocycles. The molecule has 1 aromatic heterocycles. The van der Waals surface area contributed by atoms with Crippen LogP contribution < -0.4 is 16.2 Å². The number of hydrogen-bond acceptors (Lipinski definition) is 6. The second-order valence-electron chi connectivity index (χ2n) is 7.95. The number of rotatable bonds is 8. The van der Waals surface area contributed by atoms with Crippen molar-refractivity contribution < 1.29 is 29.7 Å². The highest BCUT2D eigenvalue weighted by molar-refractivity contribution is 6.05. The van der Waals surface area contributed by atoms with Gasteiger partial charge in [0.25, 0.3) is 17.4 Å². The van der Waals surface area contributed by atoms with Gasteiger partial charge in [0, 0.05) is 12.6 Å².